The van der Waals surface area contributed by atoms with Crippen LogP contribution in [0, 0.1) is 13.8 Å². The van der Waals surface area contributed by atoms with Crippen LogP contribution in [0.4, 0.5) is 17.2 Å². The van der Waals surface area contributed by atoms with Crippen LogP contribution in [-0.2, 0) is 0 Å². The molecule has 1 fully saturated rings. The molecule has 1 aliphatic heterocycles. The summed E-state index contributed by atoms with van der Waals surface area (Å²) in [5.41, 5.74) is 9.79. The van der Waals surface area contributed by atoms with Crippen molar-refractivity contribution in [2.24, 2.45) is 0 Å². The number of nitrogens with two attached hydrogens (primary N) is 1. The van der Waals surface area contributed by atoms with Gasteiger partial charge in [-0.2, -0.15) is 0 Å². The molecule has 0 spiro atoms. The van der Waals surface area contributed by atoms with E-state index < -0.39 is 0 Å². The molecule has 0 aliphatic carbocycles. The highest BCUT2D eigenvalue weighted by Gasteiger charge is 2.18. The minimum Gasteiger partial charge on any atom is -0.399 e. The lowest BCUT2D eigenvalue weighted by Crippen LogP contribution is -2.46. The molecule has 110 valence electrons. The lowest BCUT2D eigenvalue weighted by molar-refractivity contribution is 0.645. The molecule has 0 bridgehead atoms. The second kappa shape index (κ2) is 5.60. The number of hydrogen-bond donors (Lipinski definition) is 1. The third-order valence-corrected chi connectivity index (χ3v) is 4.04. The number of hydrogen-bond acceptors (Lipinski definition) is 5. The summed E-state index contributed by atoms with van der Waals surface area (Å²) in [6.07, 6.45) is 1.88. The molecule has 1 aromatic carbocycles. The van der Waals surface area contributed by atoms with E-state index in [1.54, 1.807) is 0 Å². The van der Waals surface area contributed by atoms with Gasteiger partial charge in [-0.15, -0.1) is 0 Å². The second-order valence-electron chi connectivity index (χ2n) is 5.46. The lowest BCUT2D eigenvalue weighted by atomic mass is 10.2. The van der Waals surface area contributed by atoms with E-state index in [1.807, 2.05) is 32.2 Å². The van der Waals surface area contributed by atoms with Gasteiger partial charge in [0.15, 0.2) is 0 Å². The van der Waals surface area contributed by atoms with Crippen molar-refractivity contribution in [1.29, 1.82) is 0 Å². The Bertz CT molecular complexity index is 615. The fraction of sp³-hybridized carbons (Fsp3) is 0.375. The smallest absolute Gasteiger partial charge is 0.147 e. The van der Waals surface area contributed by atoms with Gasteiger partial charge in [-0.3, -0.25) is 4.98 Å². The minimum atomic E-state index is 0.808. The number of nitrogens with zero attached hydrogens (tertiary/aromatic N) is 4. The van der Waals surface area contributed by atoms with Gasteiger partial charge in [0.25, 0.3) is 0 Å². The van der Waals surface area contributed by atoms with Gasteiger partial charge in [-0.1, -0.05) is 0 Å². The first-order valence-corrected chi connectivity index (χ1v) is 7.29. The Morgan fingerprint density at radius 3 is 2.14 bits per heavy atom. The van der Waals surface area contributed by atoms with Crippen molar-refractivity contribution in [2.45, 2.75) is 13.8 Å². The zero-order chi connectivity index (χ0) is 14.8. The normalized spacial score (nSPS) is 15.3. The third kappa shape index (κ3) is 2.91. The Labute approximate surface area is 125 Å². The van der Waals surface area contributed by atoms with E-state index in [1.165, 1.54) is 5.69 Å². The van der Waals surface area contributed by atoms with Crippen molar-refractivity contribution in [3.63, 3.8) is 0 Å². The Balaban J connectivity index is 1.67. The number of aromatic nitrogens is 2. The maximum absolute atomic E-state index is 5.74. The molecule has 0 saturated carbocycles. The van der Waals surface area contributed by atoms with Gasteiger partial charge in [-0.05, 0) is 38.1 Å². The molecule has 5 heteroatoms. The SMILES string of the molecule is Cc1ncc(N2CCN(c3ccc(N)cc3)CC2)nc1C. The molecule has 2 N–H and O–H groups in total. The predicted octanol–water partition coefficient (Wildman–Crippen LogP) is 2.00. The summed E-state index contributed by atoms with van der Waals surface area (Å²) in [6, 6.07) is 8.08. The fourth-order valence-corrected chi connectivity index (χ4v) is 2.56. The van der Waals surface area contributed by atoms with Crippen LogP contribution in [0.5, 0.6) is 0 Å². The highest BCUT2D eigenvalue weighted by Crippen LogP contribution is 2.20. The molecular weight excluding hydrogens is 262 g/mol. The van der Waals surface area contributed by atoms with Crippen LogP contribution in [0.3, 0.4) is 0 Å². The molecule has 1 aromatic heterocycles. The van der Waals surface area contributed by atoms with Gasteiger partial charge in [0.1, 0.15) is 5.82 Å². The molecule has 0 atom stereocenters. The zero-order valence-corrected chi connectivity index (χ0v) is 12.6. The van der Waals surface area contributed by atoms with Crippen LogP contribution in [-0.4, -0.2) is 36.1 Å². The van der Waals surface area contributed by atoms with E-state index in [0.29, 0.717) is 0 Å². The maximum atomic E-state index is 5.74. The quantitative estimate of drug-likeness (QED) is 0.854. The van der Waals surface area contributed by atoms with Crippen LogP contribution >= 0.6 is 0 Å². The number of rotatable bonds is 2. The van der Waals surface area contributed by atoms with E-state index >= 15 is 0 Å². The summed E-state index contributed by atoms with van der Waals surface area (Å²) in [5.74, 6) is 0.982. The summed E-state index contributed by atoms with van der Waals surface area (Å²) < 4.78 is 0. The van der Waals surface area contributed by atoms with Crippen LogP contribution in [0.15, 0.2) is 30.5 Å². The van der Waals surface area contributed by atoms with Crippen LogP contribution < -0.4 is 15.5 Å². The van der Waals surface area contributed by atoms with Gasteiger partial charge >= 0.3 is 0 Å². The molecule has 2 aromatic rings. The van der Waals surface area contributed by atoms with Gasteiger partial charge in [0, 0.05) is 37.6 Å². The number of anilines is 3. The summed E-state index contributed by atoms with van der Waals surface area (Å²) >= 11 is 0. The largest absolute Gasteiger partial charge is 0.399 e. The molecular formula is C16H21N5. The molecule has 5 nitrogen and oxygen atoms in total. The van der Waals surface area contributed by atoms with Crippen LogP contribution in [0.2, 0.25) is 0 Å². The topological polar surface area (TPSA) is 58.3 Å². The molecule has 1 saturated heterocycles. The number of aryl methyl sites for hydroxylation is 2. The van der Waals surface area contributed by atoms with Gasteiger partial charge < -0.3 is 15.5 Å². The Hall–Kier alpha value is -2.30. The number of nitrogen functional groups attached to an aromatic ring is 1. The van der Waals surface area contributed by atoms with Crippen LogP contribution in [0.1, 0.15) is 11.4 Å². The highest BCUT2D eigenvalue weighted by atomic mass is 15.3. The van der Waals surface area contributed by atoms with Crippen LogP contribution in [0.25, 0.3) is 0 Å². The van der Waals surface area contributed by atoms with E-state index in [2.05, 4.69) is 31.9 Å². The van der Waals surface area contributed by atoms with Crippen molar-refractivity contribution in [2.75, 3.05) is 41.7 Å². The maximum Gasteiger partial charge on any atom is 0.147 e. The minimum absolute atomic E-state index is 0.808. The van der Waals surface area contributed by atoms with Crippen molar-refractivity contribution in [1.82, 2.24) is 9.97 Å². The first kappa shape index (κ1) is 13.7. The van der Waals surface area contributed by atoms with Gasteiger partial charge in [-0.25, -0.2) is 4.98 Å². The molecule has 1 aliphatic rings. The molecule has 0 unspecified atom stereocenters. The van der Waals surface area contributed by atoms with Gasteiger partial charge in [0.2, 0.25) is 0 Å². The third-order valence-electron chi connectivity index (χ3n) is 4.04. The number of piperazine rings is 1. The molecule has 3 rings (SSSR count). The first-order chi connectivity index (χ1) is 10.1. The van der Waals surface area contributed by atoms with Crippen molar-refractivity contribution < 1.29 is 0 Å². The molecule has 0 radical (unpaired) electrons. The summed E-state index contributed by atoms with van der Waals surface area (Å²) in [4.78, 5) is 13.7. The van der Waals surface area contributed by atoms with Gasteiger partial charge in [0.05, 0.1) is 17.6 Å². The monoisotopic (exact) mass is 283 g/mol. The molecule has 2 heterocycles. The molecule has 0 amide bonds. The highest BCUT2D eigenvalue weighted by molar-refractivity contribution is 5.54. The van der Waals surface area contributed by atoms with E-state index in [0.717, 1.165) is 49.1 Å². The summed E-state index contributed by atoms with van der Waals surface area (Å²) in [6.45, 7) is 7.89. The average Bonchev–Trinajstić information content (AvgIpc) is 2.51. The Morgan fingerprint density at radius 2 is 1.52 bits per heavy atom. The Morgan fingerprint density at radius 1 is 0.905 bits per heavy atom. The summed E-state index contributed by atoms with van der Waals surface area (Å²) in [7, 11) is 0. The lowest BCUT2D eigenvalue weighted by Gasteiger charge is -2.36. The standard InChI is InChI=1S/C16H21N5/c1-12-13(2)19-16(11-18-12)21-9-7-20(8-10-21)15-5-3-14(17)4-6-15/h3-6,11H,7-10,17H2,1-2H3. The molecule has 21 heavy (non-hydrogen) atoms. The zero-order valence-electron chi connectivity index (χ0n) is 12.6. The first-order valence-electron chi connectivity index (χ1n) is 7.29. The van der Waals surface area contributed by atoms with Crippen molar-refractivity contribution in [3.8, 4) is 0 Å². The predicted molar refractivity (Wildman–Crippen MR) is 86.8 cm³/mol. The van der Waals surface area contributed by atoms with E-state index in [4.69, 9.17) is 5.73 Å². The van der Waals surface area contributed by atoms with E-state index in [9.17, 15) is 0 Å². The van der Waals surface area contributed by atoms with Crippen molar-refractivity contribution >= 4 is 17.2 Å². The summed E-state index contributed by atoms with van der Waals surface area (Å²) in [5, 5.41) is 0. The number of benzene rings is 1. The van der Waals surface area contributed by atoms with Crippen molar-refractivity contribution in [3.05, 3.63) is 41.9 Å². The average molecular weight is 283 g/mol. The second-order valence-corrected chi connectivity index (χ2v) is 5.46. The fourth-order valence-electron chi connectivity index (χ4n) is 2.56. The Kier molecular flexibility index (Phi) is 3.64. The van der Waals surface area contributed by atoms with E-state index in [-0.39, 0.29) is 0 Å².